The van der Waals surface area contributed by atoms with Crippen molar-refractivity contribution in [1.82, 2.24) is 29.5 Å². The summed E-state index contributed by atoms with van der Waals surface area (Å²) in [6, 6.07) is 4.99. The van der Waals surface area contributed by atoms with Crippen LogP contribution < -0.4 is 5.32 Å². The van der Waals surface area contributed by atoms with Crippen LogP contribution in [0.4, 0.5) is 0 Å². The quantitative estimate of drug-likeness (QED) is 0.630. The molecule has 3 aromatic heterocycles. The van der Waals surface area contributed by atoms with Crippen molar-refractivity contribution in [3.8, 4) is 0 Å². The van der Waals surface area contributed by atoms with Crippen LogP contribution in [0, 0.1) is 0 Å². The number of nitrogens with one attached hydrogen (secondary N) is 1. The van der Waals surface area contributed by atoms with Crippen LogP contribution in [0.2, 0.25) is 0 Å². The number of hydrogen-bond donors (Lipinski definition) is 1. The van der Waals surface area contributed by atoms with Gasteiger partial charge in [0.25, 0.3) is 11.8 Å². The third-order valence-electron chi connectivity index (χ3n) is 5.11. The molecule has 0 saturated carbocycles. The summed E-state index contributed by atoms with van der Waals surface area (Å²) >= 11 is 0. The first kappa shape index (κ1) is 19.9. The summed E-state index contributed by atoms with van der Waals surface area (Å²) in [5, 5.41) is 7.13. The highest BCUT2D eigenvalue weighted by molar-refractivity contribution is 5.93. The number of methoxy groups -OCH3 is 1. The fourth-order valence-corrected chi connectivity index (χ4v) is 3.48. The molecule has 0 aliphatic carbocycles. The Hall–Kier alpha value is -3.40. The number of ether oxygens (including phenoxy) is 1. The van der Waals surface area contributed by atoms with Crippen LogP contribution in [-0.2, 0) is 24.4 Å². The highest BCUT2D eigenvalue weighted by Gasteiger charge is 2.32. The summed E-state index contributed by atoms with van der Waals surface area (Å²) in [6.45, 7) is 4.39. The van der Waals surface area contributed by atoms with Gasteiger partial charge in [0.1, 0.15) is 23.0 Å². The number of carbonyl (C=O) groups is 2. The topological polar surface area (TPSA) is 107 Å². The number of furan rings is 1. The number of rotatable bonds is 7. The lowest BCUT2D eigenvalue weighted by molar-refractivity contribution is 0.0630. The molecule has 30 heavy (non-hydrogen) atoms. The molecule has 158 valence electrons. The maximum Gasteiger partial charge on any atom is 0.275 e. The van der Waals surface area contributed by atoms with Gasteiger partial charge in [-0.25, -0.2) is 4.98 Å². The van der Waals surface area contributed by atoms with Gasteiger partial charge in [-0.3, -0.25) is 14.3 Å². The van der Waals surface area contributed by atoms with Gasteiger partial charge in [-0.05, 0) is 25.1 Å². The monoisotopic (exact) mass is 412 g/mol. The molecule has 0 saturated heterocycles. The summed E-state index contributed by atoms with van der Waals surface area (Å²) in [4.78, 5) is 31.7. The zero-order chi connectivity index (χ0) is 21.1. The lowest BCUT2D eigenvalue weighted by atomic mass is 10.2. The lowest BCUT2D eigenvalue weighted by Crippen LogP contribution is -2.41. The third kappa shape index (κ3) is 3.99. The molecule has 3 aromatic rings. The van der Waals surface area contributed by atoms with Crippen molar-refractivity contribution in [2.45, 2.75) is 32.6 Å². The second-order valence-electron chi connectivity index (χ2n) is 7.07. The van der Waals surface area contributed by atoms with Crippen LogP contribution in [0.25, 0.3) is 0 Å². The molecule has 0 unspecified atom stereocenters. The minimum absolute atomic E-state index is 0.156. The van der Waals surface area contributed by atoms with E-state index in [1.54, 1.807) is 53.5 Å². The van der Waals surface area contributed by atoms with Crippen LogP contribution in [-0.4, -0.2) is 56.3 Å². The van der Waals surface area contributed by atoms with Gasteiger partial charge in [0.05, 0.1) is 32.0 Å². The van der Waals surface area contributed by atoms with Crippen LogP contribution in [0.1, 0.15) is 45.5 Å². The van der Waals surface area contributed by atoms with E-state index in [0.717, 1.165) is 0 Å². The number of carbonyl (C=O) groups excluding carboxylic acids is 2. The molecule has 1 aliphatic heterocycles. The summed E-state index contributed by atoms with van der Waals surface area (Å²) in [5.41, 5.74) is 0.705. The Morgan fingerprint density at radius 2 is 2.17 bits per heavy atom. The first-order valence-electron chi connectivity index (χ1n) is 9.78. The number of fused-ring (bicyclic) bond motifs is 1. The van der Waals surface area contributed by atoms with E-state index < -0.39 is 0 Å². The molecule has 0 aromatic carbocycles. The summed E-state index contributed by atoms with van der Waals surface area (Å²) in [6.07, 6.45) is 5.05. The molecule has 1 atom stereocenters. The second kappa shape index (κ2) is 8.54. The van der Waals surface area contributed by atoms with Crippen molar-refractivity contribution < 1.29 is 18.7 Å². The SMILES string of the molecule is COCCn1ccc(C(=O)N2CCn3cc(C(=O)NCc4ccco4)nc3[C@H]2C)n1. The van der Waals surface area contributed by atoms with E-state index in [1.807, 2.05) is 11.5 Å². The van der Waals surface area contributed by atoms with E-state index in [4.69, 9.17) is 9.15 Å². The normalized spacial score (nSPS) is 15.8. The van der Waals surface area contributed by atoms with Crippen LogP contribution in [0.5, 0.6) is 0 Å². The predicted molar refractivity (Wildman–Crippen MR) is 106 cm³/mol. The van der Waals surface area contributed by atoms with Gasteiger partial charge in [0.15, 0.2) is 0 Å². The summed E-state index contributed by atoms with van der Waals surface area (Å²) < 4.78 is 13.9. The second-order valence-corrected chi connectivity index (χ2v) is 7.07. The standard InChI is InChI=1S/C20H24N6O4/c1-14-18-22-17(19(27)21-12-15-4-3-10-30-15)13-24(18)7-8-26(14)20(28)16-5-6-25(23-16)9-11-29-2/h3-6,10,13-14H,7-9,11-12H2,1-2H3,(H,21,27)/t14-/m1/s1. The lowest BCUT2D eigenvalue weighted by Gasteiger charge is -2.33. The smallest absolute Gasteiger partial charge is 0.275 e. The van der Waals surface area contributed by atoms with Crippen molar-refractivity contribution in [1.29, 1.82) is 0 Å². The molecule has 0 radical (unpaired) electrons. The summed E-state index contributed by atoms with van der Waals surface area (Å²) in [7, 11) is 1.62. The Kier molecular flexibility index (Phi) is 5.66. The van der Waals surface area contributed by atoms with Crippen molar-refractivity contribution in [3.63, 3.8) is 0 Å². The first-order chi connectivity index (χ1) is 14.6. The van der Waals surface area contributed by atoms with Gasteiger partial charge >= 0.3 is 0 Å². The zero-order valence-corrected chi connectivity index (χ0v) is 16.9. The number of hydrogen-bond acceptors (Lipinski definition) is 6. The molecule has 10 heteroatoms. The molecule has 0 spiro atoms. The number of amides is 2. The minimum Gasteiger partial charge on any atom is -0.467 e. The fraction of sp³-hybridized carbons (Fsp3) is 0.400. The van der Waals surface area contributed by atoms with Crippen LogP contribution in [0.15, 0.2) is 41.3 Å². The average molecular weight is 412 g/mol. The van der Waals surface area contributed by atoms with Crippen molar-refractivity contribution in [2.24, 2.45) is 0 Å². The molecule has 1 N–H and O–H groups in total. The van der Waals surface area contributed by atoms with Crippen LogP contribution in [0.3, 0.4) is 0 Å². The average Bonchev–Trinajstić information content (AvgIpc) is 3.51. The molecule has 10 nitrogen and oxygen atoms in total. The third-order valence-corrected chi connectivity index (χ3v) is 5.11. The highest BCUT2D eigenvalue weighted by Crippen LogP contribution is 2.26. The highest BCUT2D eigenvalue weighted by atomic mass is 16.5. The van der Waals surface area contributed by atoms with Gasteiger partial charge in [0.2, 0.25) is 0 Å². The minimum atomic E-state index is -0.282. The molecular formula is C20H24N6O4. The maximum atomic E-state index is 13.0. The number of imidazole rings is 1. The van der Waals surface area contributed by atoms with E-state index in [-0.39, 0.29) is 17.9 Å². The molecular weight excluding hydrogens is 388 g/mol. The Morgan fingerprint density at radius 1 is 1.30 bits per heavy atom. The van der Waals surface area contributed by atoms with E-state index in [0.29, 0.717) is 55.8 Å². The van der Waals surface area contributed by atoms with Gasteiger partial charge in [-0.15, -0.1) is 0 Å². The first-order valence-corrected chi connectivity index (χ1v) is 9.78. The Bertz CT molecular complexity index is 1020. The predicted octanol–water partition coefficient (Wildman–Crippen LogP) is 1.47. The van der Waals surface area contributed by atoms with E-state index in [1.165, 1.54) is 0 Å². The van der Waals surface area contributed by atoms with Crippen molar-refractivity contribution in [3.05, 3.63) is 59.8 Å². The molecule has 0 bridgehead atoms. The number of nitrogens with zero attached hydrogens (tertiary/aromatic N) is 5. The van der Waals surface area contributed by atoms with Gasteiger partial charge < -0.3 is 23.9 Å². The van der Waals surface area contributed by atoms with E-state index >= 15 is 0 Å². The molecule has 4 rings (SSSR count). The van der Waals surface area contributed by atoms with Crippen LogP contribution >= 0.6 is 0 Å². The molecule has 0 fully saturated rings. The number of aromatic nitrogens is 4. The molecule has 4 heterocycles. The molecule has 1 aliphatic rings. The Labute approximate surface area is 173 Å². The zero-order valence-electron chi connectivity index (χ0n) is 16.9. The van der Waals surface area contributed by atoms with Gasteiger partial charge in [-0.1, -0.05) is 0 Å². The van der Waals surface area contributed by atoms with Gasteiger partial charge in [-0.2, -0.15) is 5.10 Å². The largest absolute Gasteiger partial charge is 0.467 e. The van der Waals surface area contributed by atoms with Gasteiger partial charge in [0, 0.05) is 32.6 Å². The molecule has 2 amide bonds. The Balaban J connectivity index is 1.44. The van der Waals surface area contributed by atoms with E-state index in [9.17, 15) is 9.59 Å². The van der Waals surface area contributed by atoms with Crippen molar-refractivity contribution in [2.75, 3.05) is 20.3 Å². The Morgan fingerprint density at radius 3 is 2.93 bits per heavy atom. The fourth-order valence-electron chi connectivity index (χ4n) is 3.48. The van der Waals surface area contributed by atoms with Crippen molar-refractivity contribution >= 4 is 11.8 Å². The summed E-state index contributed by atoms with van der Waals surface area (Å²) in [5.74, 6) is 0.908. The maximum absolute atomic E-state index is 13.0. The van der Waals surface area contributed by atoms with E-state index in [2.05, 4.69) is 15.4 Å².